The van der Waals surface area contributed by atoms with Crippen LogP contribution in [0.4, 0.5) is 5.69 Å². The second kappa shape index (κ2) is 7.72. The van der Waals surface area contributed by atoms with E-state index in [1.165, 1.54) is 24.1 Å². The molecule has 1 saturated carbocycles. The van der Waals surface area contributed by atoms with Crippen LogP contribution in [0.1, 0.15) is 50.1 Å². The molecule has 1 aromatic carbocycles. The molecule has 27 heavy (non-hydrogen) atoms. The molecule has 0 saturated heterocycles. The molecule has 5 nitrogen and oxygen atoms in total. The third-order valence-corrected chi connectivity index (χ3v) is 6.27. The maximum absolute atomic E-state index is 12.5. The van der Waals surface area contributed by atoms with E-state index in [4.69, 9.17) is 9.84 Å². The van der Waals surface area contributed by atoms with E-state index in [1.54, 1.807) is 25.4 Å². The number of rotatable bonds is 5. The van der Waals surface area contributed by atoms with Crippen molar-refractivity contribution in [1.82, 2.24) is 4.90 Å². The van der Waals surface area contributed by atoms with Crippen molar-refractivity contribution in [3.63, 3.8) is 0 Å². The number of thiophene rings is 1. The van der Waals surface area contributed by atoms with Crippen LogP contribution >= 0.6 is 11.3 Å². The number of benzene rings is 1. The Kier molecular flexibility index (Phi) is 5.16. The fourth-order valence-electron chi connectivity index (χ4n) is 4.06. The van der Waals surface area contributed by atoms with Gasteiger partial charge in [-0.15, -0.1) is 16.4 Å². The maximum atomic E-state index is 12.5. The minimum Gasteiger partial charge on any atom is -0.497 e. The lowest BCUT2D eigenvalue weighted by atomic mass is 9.93. The molecule has 0 amide bonds. The first-order chi connectivity index (χ1) is 13.2. The summed E-state index contributed by atoms with van der Waals surface area (Å²) in [6, 6.07) is 12.4. The van der Waals surface area contributed by atoms with Gasteiger partial charge < -0.3 is 9.64 Å². The zero-order chi connectivity index (χ0) is 18.8. The number of Topliss-reactive ketones (excluding diaryl/α,β-unsaturated/α-hetero) is 1. The van der Waals surface area contributed by atoms with Crippen LogP contribution in [0.25, 0.3) is 0 Å². The highest BCUT2D eigenvalue weighted by Crippen LogP contribution is 2.41. The Morgan fingerprint density at radius 2 is 1.89 bits per heavy atom. The average Bonchev–Trinajstić information content (AvgIpc) is 3.36. The summed E-state index contributed by atoms with van der Waals surface area (Å²) < 4.78 is 5.29. The van der Waals surface area contributed by atoms with Gasteiger partial charge in [-0.2, -0.15) is 0 Å². The first-order valence-corrected chi connectivity index (χ1v) is 10.4. The topological polar surface area (TPSA) is 45.1 Å². The normalized spacial score (nSPS) is 20.7. The van der Waals surface area contributed by atoms with Gasteiger partial charge >= 0.3 is 0 Å². The molecule has 1 aromatic heterocycles. The molecule has 142 valence electrons. The highest BCUT2D eigenvalue weighted by molar-refractivity contribution is 7.10. The number of nitrogens with zero attached hydrogens (tertiary/aromatic N) is 3. The van der Waals surface area contributed by atoms with Crippen LogP contribution in [0.3, 0.4) is 0 Å². The second-order valence-electron chi connectivity index (χ2n) is 7.11. The van der Waals surface area contributed by atoms with Crippen molar-refractivity contribution in [1.29, 1.82) is 0 Å². The number of hydrazone groups is 1. The van der Waals surface area contributed by atoms with Crippen molar-refractivity contribution in [3.05, 3.63) is 46.7 Å². The number of carbonyl (C=O) groups is 1. The Labute approximate surface area is 164 Å². The minimum absolute atomic E-state index is 0.0261. The lowest BCUT2D eigenvalue weighted by Crippen LogP contribution is -2.45. The van der Waals surface area contributed by atoms with Gasteiger partial charge in [0.25, 0.3) is 0 Å². The van der Waals surface area contributed by atoms with Gasteiger partial charge in [-0.05, 0) is 48.6 Å². The molecule has 1 aliphatic heterocycles. The van der Waals surface area contributed by atoms with Gasteiger partial charge in [0.15, 0.2) is 17.8 Å². The summed E-state index contributed by atoms with van der Waals surface area (Å²) in [5.74, 6) is 1.42. The summed E-state index contributed by atoms with van der Waals surface area (Å²) in [5, 5.41) is 8.89. The molecule has 0 spiro atoms. The Balaban J connectivity index is 1.76. The van der Waals surface area contributed by atoms with Gasteiger partial charge in [-0.25, -0.2) is 5.01 Å². The smallest absolute Gasteiger partial charge is 0.196 e. The van der Waals surface area contributed by atoms with Crippen LogP contribution in [0.5, 0.6) is 5.75 Å². The number of hydrogen-bond acceptors (Lipinski definition) is 6. The van der Waals surface area contributed by atoms with E-state index >= 15 is 0 Å². The van der Waals surface area contributed by atoms with Crippen LogP contribution in [0.15, 0.2) is 46.9 Å². The van der Waals surface area contributed by atoms with Gasteiger partial charge in [0, 0.05) is 17.8 Å². The zero-order valence-electron chi connectivity index (χ0n) is 15.8. The van der Waals surface area contributed by atoms with E-state index in [9.17, 15) is 4.79 Å². The van der Waals surface area contributed by atoms with E-state index in [0.29, 0.717) is 11.9 Å². The molecular formula is C21H25N3O2S. The standard InChI is InChI=1S/C21H25N3O2S/c1-15(25)20-22-24(17-10-12-18(26-2)13-11-17)21(19-9-6-14-27-19)23(20)16-7-4-3-5-8-16/h6,9-14,16,21H,3-5,7-8H2,1-2H3. The summed E-state index contributed by atoms with van der Waals surface area (Å²) in [5.41, 5.74) is 0.964. The van der Waals surface area contributed by atoms with Crippen molar-refractivity contribution in [2.75, 3.05) is 12.1 Å². The predicted octanol–water partition coefficient (Wildman–Crippen LogP) is 4.81. The lowest BCUT2D eigenvalue weighted by molar-refractivity contribution is -0.111. The molecule has 0 N–H and O–H groups in total. The SMILES string of the molecule is COc1ccc(N2N=C(C(C)=O)N(C3CCCCC3)C2c2cccs2)cc1. The molecule has 1 aliphatic carbocycles. The summed E-state index contributed by atoms with van der Waals surface area (Å²) in [6.45, 7) is 1.62. The molecular weight excluding hydrogens is 358 g/mol. The zero-order valence-corrected chi connectivity index (χ0v) is 16.6. The van der Waals surface area contributed by atoms with Gasteiger partial charge in [0.1, 0.15) is 5.75 Å². The van der Waals surface area contributed by atoms with Crippen LogP contribution < -0.4 is 9.75 Å². The number of carbonyl (C=O) groups excluding carboxylic acids is 1. The van der Waals surface area contributed by atoms with Crippen LogP contribution in [-0.4, -0.2) is 29.7 Å². The Morgan fingerprint density at radius 3 is 2.48 bits per heavy atom. The first-order valence-electron chi connectivity index (χ1n) is 9.53. The van der Waals surface area contributed by atoms with Crippen molar-refractivity contribution in [3.8, 4) is 5.75 Å². The quantitative estimate of drug-likeness (QED) is 0.743. The Morgan fingerprint density at radius 1 is 1.15 bits per heavy atom. The fourth-order valence-corrected chi connectivity index (χ4v) is 4.86. The van der Waals surface area contributed by atoms with Crippen molar-refractivity contribution >= 4 is 28.6 Å². The number of amidine groups is 1. The third-order valence-electron chi connectivity index (χ3n) is 5.36. The number of methoxy groups -OCH3 is 1. The molecule has 2 aromatic rings. The summed E-state index contributed by atoms with van der Waals surface area (Å²) >= 11 is 1.72. The molecule has 0 bridgehead atoms. The molecule has 1 unspecified atom stereocenters. The van der Waals surface area contributed by atoms with Gasteiger partial charge in [0.05, 0.1) is 12.8 Å². The molecule has 4 rings (SSSR count). The molecule has 2 aliphatic rings. The summed E-state index contributed by atoms with van der Waals surface area (Å²) in [4.78, 5) is 16.0. The largest absolute Gasteiger partial charge is 0.497 e. The fraction of sp³-hybridized carbons (Fsp3) is 0.429. The van der Waals surface area contributed by atoms with Crippen LogP contribution in [0.2, 0.25) is 0 Å². The van der Waals surface area contributed by atoms with E-state index in [-0.39, 0.29) is 11.9 Å². The van der Waals surface area contributed by atoms with E-state index in [2.05, 4.69) is 22.4 Å². The number of hydrogen-bond donors (Lipinski definition) is 0. The van der Waals surface area contributed by atoms with Crippen molar-refractivity contribution in [2.45, 2.75) is 51.2 Å². The monoisotopic (exact) mass is 383 g/mol. The summed E-state index contributed by atoms with van der Waals surface area (Å²) in [7, 11) is 1.66. The van der Waals surface area contributed by atoms with Crippen molar-refractivity contribution in [2.24, 2.45) is 5.10 Å². The van der Waals surface area contributed by atoms with Crippen LogP contribution in [0, 0.1) is 0 Å². The highest BCUT2D eigenvalue weighted by atomic mass is 32.1. The number of ether oxygens (including phenoxy) is 1. The number of ketones is 1. The molecule has 6 heteroatoms. The summed E-state index contributed by atoms with van der Waals surface area (Å²) in [6.07, 6.45) is 5.87. The second-order valence-corrected chi connectivity index (χ2v) is 8.09. The van der Waals surface area contributed by atoms with Crippen LogP contribution in [-0.2, 0) is 4.79 Å². The predicted molar refractivity (Wildman–Crippen MR) is 109 cm³/mol. The first kappa shape index (κ1) is 18.0. The lowest BCUT2D eigenvalue weighted by Gasteiger charge is -2.38. The van der Waals surface area contributed by atoms with Gasteiger partial charge in [-0.3, -0.25) is 4.79 Å². The molecule has 0 radical (unpaired) electrons. The minimum atomic E-state index is -0.0691. The highest BCUT2D eigenvalue weighted by Gasteiger charge is 2.42. The third kappa shape index (κ3) is 3.46. The molecule has 2 heterocycles. The van der Waals surface area contributed by atoms with E-state index in [0.717, 1.165) is 24.3 Å². The molecule has 1 fully saturated rings. The van der Waals surface area contributed by atoms with Gasteiger partial charge in [0.2, 0.25) is 0 Å². The maximum Gasteiger partial charge on any atom is 0.196 e. The van der Waals surface area contributed by atoms with Gasteiger partial charge in [-0.1, -0.05) is 25.3 Å². The molecule has 1 atom stereocenters. The Hall–Kier alpha value is -2.34. The van der Waals surface area contributed by atoms with Crippen molar-refractivity contribution < 1.29 is 9.53 Å². The van der Waals surface area contributed by atoms with E-state index < -0.39 is 0 Å². The number of anilines is 1. The van der Waals surface area contributed by atoms with E-state index in [1.807, 2.05) is 29.3 Å². The average molecular weight is 384 g/mol. The Bertz CT molecular complexity index is 810.